The molecule has 1 heterocycles. The third kappa shape index (κ3) is 5.17. The van der Waals surface area contributed by atoms with Crippen LogP contribution in [0, 0.1) is 5.92 Å². The molecule has 33 heavy (non-hydrogen) atoms. The van der Waals surface area contributed by atoms with Gasteiger partial charge in [0.25, 0.3) is 0 Å². The number of carbonyl (C=O) groups excluding carboxylic acids is 2. The summed E-state index contributed by atoms with van der Waals surface area (Å²) in [5.74, 6) is -0.106. The van der Waals surface area contributed by atoms with Crippen LogP contribution in [-0.2, 0) is 19.6 Å². The van der Waals surface area contributed by atoms with E-state index in [4.69, 9.17) is 0 Å². The lowest BCUT2D eigenvalue weighted by atomic mass is 10.0. The van der Waals surface area contributed by atoms with Crippen LogP contribution in [-0.4, -0.2) is 43.2 Å². The zero-order valence-electron chi connectivity index (χ0n) is 18.6. The van der Waals surface area contributed by atoms with Gasteiger partial charge in [0.2, 0.25) is 21.8 Å². The van der Waals surface area contributed by atoms with Crippen LogP contribution in [0.5, 0.6) is 0 Å². The van der Waals surface area contributed by atoms with Gasteiger partial charge in [-0.25, -0.2) is 8.42 Å². The average Bonchev–Trinajstić information content (AvgIpc) is 3.61. The third-order valence-corrected chi connectivity index (χ3v) is 8.46. The van der Waals surface area contributed by atoms with Crippen molar-refractivity contribution in [2.24, 2.45) is 5.92 Å². The van der Waals surface area contributed by atoms with Gasteiger partial charge in [0, 0.05) is 30.2 Å². The summed E-state index contributed by atoms with van der Waals surface area (Å²) in [7, 11) is -3.67. The van der Waals surface area contributed by atoms with Crippen LogP contribution >= 0.6 is 0 Å². The molecule has 2 aliphatic rings. The van der Waals surface area contributed by atoms with Crippen molar-refractivity contribution in [2.75, 3.05) is 11.9 Å². The van der Waals surface area contributed by atoms with E-state index in [9.17, 15) is 18.0 Å². The molecule has 1 saturated carbocycles. The number of nitrogens with zero attached hydrogens (tertiary/aromatic N) is 1. The lowest BCUT2D eigenvalue weighted by molar-refractivity contribution is -0.118. The molecule has 1 aliphatic heterocycles. The highest BCUT2D eigenvalue weighted by molar-refractivity contribution is 7.89. The molecule has 0 spiro atoms. The number of rotatable bonds is 7. The first-order valence-corrected chi connectivity index (χ1v) is 12.6. The van der Waals surface area contributed by atoms with E-state index in [1.165, 1.54) is 28.1 Å². The van der Waals surface area contributed by atoms with Crippen molar-refractivity contribution in [3.8, 4) is 0 Å². The minimum atomic E-state index is -3.67. The van der Waals surface area contributed by atoms with E-state index in [1.807, 2.05) is 37.3 Å². The van der Waals surface area contributed by atoms with E-state index < -0.39 is 10.0 Å². The first kappa shape index (κ1) is 23.2. The highest BCUT2D eigenvalue weighted by Crippen LogP contribution is 2.47. The Hall–Kier alpha value is -2.97. The summed E-state index contributed by atoms with van der Waals surface area (Å²) in [6, 6.07) is 16.0. The summed E-state index contributed by atoms with van der Waals surface area (Å²) in [6.45, 7) is 5.62. The van der Waals surface area contributed by atoms with Crippen molar-refractivity contribution < 1.29 is 18.0 Å². The molecule has 1 saturated heterocycles. The summed E-state index contributed by atoms with van der Waals surface area (Å²) in [5.41, 5.74) is 1.75. The Morgan fingerprint density at radius 3 is 2.39 bits per heavy atom. The molecule has 2 amide bonds. The van der Waals surface area contributed by atoms with Crippen LogP contribution in [0.4, 0.5) is 5.69 Å². The molecule has 4 unspecified atom stereocenters. The number of piperidine rings is 1. The van der Waals surface area contributed by atoms with Gasteiger partial charge in [-0.3, -0.25) is 9.59 Å². The fraction of sp³-hybridized carbons (Fsp3) is 0.360. The standard InChI is InChI=1S/C25H29N3O4S/c1-3-24(29)26-20-13-14-28(17(2)15-20)33(31,32)21-11-9-19(10-12-21)27-25(30)23-16-22(23)18-7-5-4-6-8-18/h3-12,17,20,22-23H,1,13-16H2,2H3,(H,26,29)(H,27,30). The molecule has 0 aromatic heterocycles. The topological polar surface area (TPSA) is 95.6 Å². The first-order chi connectivity index (χ1) is 15.8. The maximum Gasteiger partial charge on any atom is 0.243 e. The lowest BCUT2D eigenvalue weighted by Gasteiger charge is -2.36. The van der Waals surface area contributed by atoms with E-state index in [0.717, 1.165) is 6.42 Å². The van der Waals surface area contributed by atoms with Gasteiger partial charge < -0.3 is 10.6 Å². The Labute approximate surface area is 194 Å². The Morgan fingerprint density at radius 1 is 1.06 bits per heavy atom. The second kappa shape index (κ2) is 9.49. The second-order valence-electron chi connectivity index (χ2n) is 8.77. The SMILES string of the molecule is C=CC(=O)NC1CCN(S(=O)(=O)c2ccc(NC(=O)C3CC3c3ccccc3)cc2)C(C)C1. The van der Waals surface area contributed by atoms with Gasteiger partial charge in [-0.2, -0.15) is 4.31 Å². The predicted molar refractivity (Wildman–Crippen MR) is 127 cm³/mol. The molecule has 2 aromatic rings. The Bertz CT molecular complexity index is 1130. The number of carbonyl (C=O) groups is 2. The van der Waals surface area contributed by atoms with E-state index in [1.54, 1.807) is 12.1 Å². The van der Waals surface area contributed by atoms with Gasteiger partial charge in [0.15, 0.2) is 0 Å². The monoisotopic (exact) mass is 467 g/mol. The molecule has 2 aromatic carbocycles. The highest BCUT2D eigenvalue weighted by Gasteiger charge is 2.43. The van der Waals surface area contributed by atoms with Gasteiger partial charge >= 0.3 is 0 Å². The Balaban J connectivity index is 1.36. The van der Waals surface area contributed by atoms with Gasteiger partial charge in [0.1, 0.15) is 0 Å². The number of benzene rings is 2. The summed E-state index contributed by atoms with van der Waals surface area (Å²) in [5, 5.41) is 5.75. The summed E-state index contributed by atoms with van der Waals surface area (Å²) in [6.07, 6.45) is 3.13. The average molecular weight is 468 g/mol. The van der Waals surface area contributed by atoms with Crippen LogP contribution < -0.4 is 10.6 Å². The molecule has 4 atom stereocenters. The normalized spacial score (nSPS) is 25.1. The van der Waals surface area contributed by atoms with E-state index in [2.05, 4.69) is 17.2 Å². The van der Waals surface area contributed by atoms with Crippen LogP contribution in [0.3, 0.4) is 0 Å². The maximum absolute atomic E-state index is 13.2. The molecule has 1 aliphatic carbocycles. The van der Waals surface area contributed by atoms with Crippen LogP contribution in [0.1, 0.15) is 37.7 Å². The minimum absolute atomic E-state index is 0.0447. The number of hydrogen-bond donors (Lipinski definition) is 2. The molecule has 174 valence electrons. The largest absolute Gasteiger partial charge is 0.350 e. The van der Waals surface area contributed by atoms with Gasteiger partial charge in [-0.1, -0.05) is 36.9 Å². The number of amides is 2. The molecular formula is C25H29N3O4S. The van der Waals surface area contributed by atoms with Crippen molar-refractivity contribution in [3.05, 3.63) is 72.8 Å². The van der Waals surface area contributed by atoms with Crippen LogP contribution in [0.25, 0.3) is 0 Å². The van der Waals surface area contributed by atoms with Gasteiger partial charge in [-0.15, -0.1) is 0 Å². The highest BCUT2D eigenvalue weighted by atomic mass is 32.2. The van der Waals surface area contributed by atoms with Crippen LogP contribution in [0.15, 0.2) is 72.1 Å². The Kier molecular flexibility index (Phi) is 6.67. The summed E-state index contributed by atoms with van der Waals surface area (Å²) >= 11 is 0. The molecule has 0 bridgehead atoms. The number of hydrogen-bond acceptors (Lipinski definition) is 4. The number of sulfonamides is 1. The predicted octanol–water partition coefficient (Wildman–Crippen LogP) is 3.27. The number of nitrogens with one attached hydrogen (secondary N) is 2. The van der Waals surface area contributed by atoms with Crippen molar-refractivity contribution >= 4 is 27.5 Å². The quantitative estimate of drug-likeness (QED) is 0.611. The number of anilines is 1. The first-order valence-electron chi connectivity index (χ1n) is 11.2. The zero-order chi connectivity index (χ0) is 23.6. The molecular weight excluding hydrogens is 438 g/mol. The van der Waals surface area contributed by atoms with Crippen molar-refractivity contribution in [2.45, 2.75) is 49.1 Å². The van der Waals surface area contributed by atoms with Crippen LogP contribution in [0.2, 0.25) is 0 Å². The van der Waals surface area contributed by atoms with E-state index in [-0.39, 0.29) is 40.6 Å². The smallest absolute Gasteiger partial charge is 0.243 e. The summed E-state index contributed by atoms with van der Waals surface area (Å²) in [4.78, 5) is 24.3. The van der Waals surface area contributed by atoms with Crippen molar-refractivity contribution in [1.82, 2.24) is 9.62 Å². The van der Waals surface area contributed by atoms with E-state index in [0.29, 0.717) is 25.1 Å². The molecule has 8 heteroatoms. The van der Waals surface area contributed by atoms with Gasteiger partial charge in [0.05, 0.1) is 4.90 Å². The second-order valence-corrected chi connectivity index (χ2v) is 10.7. The molecule has 7 nitrogen and oxygen atoms in total. The minimum Gasteiger partial charge on any atom is -0.350 e. The van der Waals surface area contributed by atoms with E-state index >= 15 is 0 Å². The lowest BCUT2D eigenvalue weighted by Crippen LogP contribution is -2.50. The third-order valence-electron chi connectivity index (χ3n) is 6.43. The molecule has 4 rings (SSSR count). The fourth-order valence-corrected chi connectivity index (χ4v) is 6.19. The van der Waals surface area contributed by atoms with Gasteiger partial charge in [-0.05, 0) is 68.0 Å². The Morgan fingerprint density at radius 2 is 1.76 bits per heavy atom. The van der Waals surface area contributed by atoms with Crippen molar-refractivity contribution in [3.63, 3.8) is 0 Å². The molecule has 2 N–H and O–H groups in total. The fourth-order valence-electron chi connectivity index (χ4n) is 4.53. The summed E-state index contributed by atoms with van der Waals surface area (Å²) < 4.78 is 27.8. The maximum atomic E-state index is 13.2. The molecule has 0 radical (unpaired) electrons. The molecule has 2 fully saturated rings. The van der Waals surface area contributed by atoms with Crippen molar-refractivity contribution in [1.29, 1.82) is 0 Å². The zero-order valence-corrected chi connectivity index (χ0v) is 19.4.